The first-order chi connectivity index (χ1) is 10.7. The van der Waals surface area contributed by atoms with Gasteiger partial charge in [-0.15, -0.1) is 0 Å². The van der Waals surface area contributed by atoms with Crippen LogP contribution < -0.4 is 15.4 Å². The number of amides is 1. The molecular formula is C17H27N3O2. The Morgan fingerprint density at radius 2 is 2.27 bits per heavy atom. The molecule has 1 unspecified atom stereocenters. The van der Waals surface area contributed by atoms with E-state index in [-0.39, 0.29) is 5.91 Å². The number of rotatable bonds is 8. The lowest BCUT2D eigenvalue weighted by Gasteiger charge is -2.27. The van der Waals surface area contributed by atoms with Gasteiger partial charge in [-0.05, 0) is 32.0 Å². The van der Waals surface area contributed by atoms with Crippen molar-refractivity contribution in [3.63, 3.8) is 0 Å². The summed E-state index contributed by atoms with van der Waals surface area (Å²) in [5, 5.41) is 6.37. The molecule has 1 aliphatic rings. The van der Waals surface area contributed by atoms with E-state index in [2.05, 4.69) is 22.5 Å². The minimum absolute atomic E-state index is 0.0752. The predicted molar refractivity (Wildman–Crippen MR) is 88.0 cm³/mol. The van der Waals surface area contributed by atoms with E-state index in [1.807, 2.05) is 24.3 Å². The van der Waals surface area contributed by atoms with E-state index in [1.54, 1.807) is 7.11 Å². The molecule has 5 nitrogen and oxygen atoms in total. The first-order valence-electron chi connectivity index (χ1n) is 8.08. The lowest BCUT2D eigenvalue weighted by molar-refractivity contribution is -0.122. The topological polar surface area (TPSA) is 53.6 Å². The summed E-state index contributed by atoms with van der Waals surface area (Å²) >= 11 is 0. The van der Waals surface area contributed by atoms with Crippen LogP contribution in [0.5, 0.6) is 5.75 Å². The number of hydrogen-bond donors (Lipinski definition) is 2. The molecule has 0 spiro atoms. The first kappa shape index (κ1) is 16.8. The van der Waals surface area contributed by atoms with Crippen molar-refractivity contribution < 1.29 is 9.53 Å². The normalized spacial score (nSPS) is 17.7. The fourth-order valence-corrected chi connectivity index (χ4v) is 2.91. The Hall–Kier alpha value is -1.59. The second kappa shape index (κ2) is 8.76. The molecule has 0 radical (unpaired) electrons. The standard InChI is InChI=1S/C17H27N3O2/c1-3-10-20(15-8-9-18-12-15)13-17(21)19-11-14-6-4-5-7-16(14)22-2/h4-7,15,18H,3,8-13H2,1-2H3,(H,19,21). The maximum absolute atomic E-state index is 12.2. The summed E-state index contributed by atoms with van der Waals surface area (Å²) in [6.45, 7) is 6.13. The van der Waals surface area contributed by atoms with Crippen molar-refractivity contribution in [1.29, 1.82) is 0 Å². The third-order valence-corrected chi connectivity index (χ3v) is 4.08. The van der Waals surface area contributed by atoms with Crippen molar-refractivity contribution in [2.45, 2.75) is 32.4 Å². The predicted octanol–water partition coefficient (Wildman–Crippen LogP) is 1.39. The Bertz CT molecular complexity index is 473. The summed E-state index contributed by atoms with van der Waals surface area (Å²) in [5.41, 5.74) is 1.00. The molecule has 1 fully saturated rings. The zero-order valence-electron chi connectivity index (χ0n) is 13.6. The highest BCUT2D eigenvalue weighted by Gasteiger charge is 2.23. The molecule has 1 aromatic carbocycles. The third-order valence-electron chi connectivity index (χ3n) is 4.08. The van der Waals surface area contributed by atoms with Gasteiger partial charge in [-0.1, -0.05) is 25.1 Å². The van der Waals surface area contributed by atoms with Crippen LogP contribution in [0.1, 0.15) is 25.3 Å². The Morgan fingerprint density at radius 3 is 2.95 bits per heavy atom. The van der Waals surface area contributed by atoms with Crippen LogP contribution in [0.3, 0.4) is 0 Å². The molecule has 2 rings (SSSR count). The lowest BCUT2D eigenvalue weighted by Crippen LogP contribution is -2.44. The minimum Gasteiger partial charge on any atom is -0.496 e. The fourth-order valence-electron chi connectivity index (χ4n) is 2.91. The fraction of sp³-hybridized carbons (Fsp3) is 0.588. The van der Waals surface area contributed by atoms with Crippen LogP contribution in [0.15, 0.2) is 24.3 Å². The van der Waals surface area contributed by atoms with Gasteiger partial charge in [0.05, 0.1) is 13.7 Å². The van der Waals surface area contributed by atoms with Gasteiger partial charge in [-0.25, -0.2) is 0 Å². The molecule has 0 bridgehead atoms. The molecular weight excluding hydrogens is 278 g/mol. The molecule has 0 aromatic heterocycles. The molecule has 1 aromatic rings. The molecule has 1 atom stereocenters. The minimum atomic E-state index is 0.0752. The Balaban J connectivity index is 1.85. The average molecular weight is 305 g/mol. The van der Waals surface area contributed by atoms with E-state index >= 15 is 0 Å². The zero-order valence-corrected chi connectivity index (χ0v) is 13.6. The zero-order chi connectivity index (χ0) is 15.8. The number of carbonyl (C=O) groups excluding carboxylic acids is 1. The van der Waals surface area contributed by atoms with Crippen molar-refractivity contribution in [3.8, 4) is 5.75 Å². The average Bonchev–Trinajstić information content (AvgIpc) is 3.07. The van der Waals surface area contributed by atoms with Gasteiger partial charge in [-0.2, -0.15) is 0 Å². The Kier molecular flexibility index (Phi) is 6.68. The monoisotopic (exact) mass is 305 g/mol. The van der Waals surface area contributed by atoms with Crippen molar-refractivity contribution in [2.24, 2.45) is 0 Å². The van der Waals surface area contributed by atoms with E-state index in [4.69, 9.17) is 4.74 Å². The summed E-state index contributed by atoms with van der Waals surface area (Å²) in [6.07, 6.45) is 2.19. The van der Waals surface area contributed by atoms with E-state index in [0.717, 1.165) is 43.8 Å². The smallest absolute Gasteiger partial charge is 0.234 e. The van der Waals surface area contributed by atoms with Gasteiger partial charge in [0.15, 0.2) is 0 Å². The summed E-state index contributed by atoms with van der Waals surface area (Å²) in [7, 11) is 1.65. The van der Waals surface area contributed by atoms with Crippen LogP contribution in [0.25, 0.3) is 0 Å². The van der Waals surface area contributed by atoms with Crippen molar-refractivity contribution >= 4 is 5.91 Å². The quantitative estimate of drug-likeness (QED) is 0.762. The van der Waals surface area contributed by atoms with Crippen LogP contribution >= 0.6 is 0 Å². The highest BCUT2D eigenvalue weighted by molar-refractivity contribution is 5.78. The van der Waals surface area contributed by atoms with Crippen LogP contribution in [0.2, 0.25) is 0 Å². The third kappa shape index (κ3) is 4.71. The number of ether oxygens (including phenoxy) is 1. The van der Waals surface area contributed by atoms with Gasteiger partial charge in [0, 0.05) is 24.7 Å². The molecule has 5 heteroatoms. The summed E-state index contributed by atoms with van der Waals surface area (Å²) in [6, 6.07) is 8.26. The van der Waals surface area contributed by atoms with Crippen molar-refractivity contribution in [3.05, 3.63) is 29.8 Å². The van der Waals surface area contributed by atoms with Gasteiger partial charge >= 0.3 is 0 Å². The van der Waals surface area contributed by atoms with Crippen LogP contribution in [0, 0.1) is 0 Å². The Morgan fingerprint density at radius 1 is 1.45 bits per heavy atom. The van der Waals surface area contributed by atoms with Crippen LogP contribution in [-0.2, 0) is 11.3 Å². The highest BCUT2D eigenvalue weighted by Crippen LogP contribution is 2.16. The number of hydrogen-bond acceptors (Lipinski definition) is 4. The lowest BCUT2D eigenvalue weighted by atomic mass is 10.2. The molecule has 122 valence electrons. The molecule has 0 saturated carbocycles. The van der Waals surface area contributed by atoms with Gasteiger partial charge in [0.1, 0.15) is 5.75 Å². The van der Waals surface area contributed by atoms with Crippen molar-refractivity contribution in [2.75, 3.05) is 33.3 Å². The van der Waals surface area contributed by atoms with Gasteiger partial charge in [-0.3, -0.25) is 9.69 Å². The molecule has 1 heterocycles. The van der Waals surface area contributed by atoms with E-state index in [0.29, 0.717) is 19.1 Å². The van der Waals surface area contributed by atoms with Crippen molar-refractivity contribution in [1.82, 2.24) is 15.5 Å². The van der Waals surface area contributed by atoms with Gasteiger partial charge in [0.2, 0.25) is 5.91 Å². The molecule has 1 saturated heterocycles. The number of para-hydroxylation sites is 1. The Labute approximate surface area is 133 Å². The SMILES string of the molecule is CCCN(CC(=O)NCc1ccccc1OC)C1CCNC1. The maximum Gasteiger partial charge on any atom is 0.234 e. The maximum atomic E-state index is 12.2. The van der Waals surface area contributed by atoms with E-state index in [9.17, 15) is 4.79 Å². The van der Waals surface area contributed by atoms with E-state index < -0.39 is 0 Å². The molecule has 2 N–H and O–H groups in total. The van der Waals surface area contributed by atoms with E-state index in [1.165, 1.54) is 0 Å². The van der Waals surface area contributed by atoms with Gasteiger partial charge in [0.25, 0.3) is 0 Å². The molecule has 1 amide bonds. The first-order valence-corrected chi connectivity index (χ1v) is 8.08. The van der Waals surface area contributed by atoms with Gasteiger partial charge < -0.3 is 15.4 Å². The second-order valence-electron chi connectivity index (χ2n) is 5.71. The summed E-state index contributed by atoms with van der Waals surface area (Å²) in [5.74, 6) is 0.888. The number of nitrogens with zero attached hydrogens (tertiary/aromatic N) is 1. The molecule has 22 heavy (non-hydrogen) atoms. The number of benzene rings is 1. The number of nitrogens with one attached hydrogen (secondary N) is 2. The molecule has 1 aliphatic heterocycles. The highest BCUT2D eigenvalue weighted by atomic mass is 16.5. The second-order valence-corrected chi connectivity index (χ2v) is 5.71. The largest absolute Gasteiger partial charge is 0.496 e. The van der Waals surface area contributed by atoms with Crippen LogP contribution in [-0.4, -0.2) is 50.1 Å². The summed E-state index contributed by atoms with van der Waals surface area (Å²) in [4.78, 5) is 14.5. The van der Waals surface area contributed by atoms with Crippen LogP contribution in [0.4, 0.5) is 0 Å². The molecule has 0 aliphatic carbocycles. The number of methoxy groups -OCH3 is 1. The summed E-state index contributed by atoms with van der Waals surface area (Å²) < 4.78 is 5.31. The number of carbonyl (C=O) groups is 1.